The van der Waals surface area contributed by atoms with Gasteiger partial charge in [0.15, 0.2) is 5.13 Å². The van der Waals surface area contributed by atoms with Crippen LogP contribution in [0.15, 0.2) is 29.6 Å². The predicted molar refractivity (Wildman–Crippen MR) is 126 cm³/mol. The molecule has 5 aliphatic rings. The van der Waals surface area contributed by atoms with Gasteiger partial charge in [-0.2, -0.15) is 0 Å². The fourth-order valence-corrected chi connectivity index (χ4v) is 8.24. The normalized spacial score (nSPS) is 32.0. The number of hydrogen-bond acceptors (Lipinski definition) is 4. The van der Waals surface area contributed by atoms with Crippen LogP contribution in [0.3, 0.4) is 0 Å². The van der Waals surface area contributed by atoms with Crippen molar-refractivity contribution >= 4 is 22.4 Å². The minimum Gasteiger partial charge on any atom is -0.345 e. The molecule has 1 aliphatic heterocycles. The van der Waals surface area contributed by atoms with Gasteiger partial charge in [0.2, 0.25) is 5.91 Å². The van der Waals surface area contributed by atoms with Crippen LogP contribution in [0.2, 0.25) is 0 Å². The molecule has 0 N–H and O–H groups in total. The molecule has 2 aromatic rings. The Morgan fingerprint density at radius 1 is 1.00 bits per heavy atom. The highest BCUT2D eigenvalue weighted by Gasteiger charge is 2.51. The molecule has 7 rings (SSSR count). The van der Waals surface area contributed by atoms with E-state index in [4.69, 9.17) is 4.98 Å². The van der Waals surface area contributed by atoms with Gasteiger partial charge < -0.3 is 9.80 Å². The Hall–Kier alpha value is -1.88. The fraction of sp³-hybridized carbons (Fsp3) is 0.615. The molecular weight excluding hydrogens is 402 g/mol. The summed E-state index contributed by atoms with van der Waals surface area (Å²) in [6.07, 6.45) is 9.13. The maximum absolute atomic E-state index is 13.2. The minimum atomic E-state index is 0.348. The zero-order valence-electron chi connectivity index (χ0n) is 18.6. The summed E-state index contributed by atoms with van der Waals surface area (Å²) in [5, 5.41) is 3.24. The van der Waals surface area contributed by atoms with Crippen molar-refractivity contribution in [1.82, 2.24) is 9.88 Å². The average Bonchev–Trinajstić information content (AvgIpc) is 3.23. The molecule has 4 aliphatic carbocycles. The van der Waals surface area contributed by atoms with E-state index in [1.807, 2.05) is 0 Å². The molecule has 1 aromatic carbocycles. The van der Waals surface area contributed by atoms with E-state index in [0.29, 0.717) is 11.3 Å². The lowest BCUT2D eigenvalue weighted by molar-refractivity contribution is -0.139. The van der Waals surface area contributed by atoms with E-state index in [2.05, 4.69) is 46.4 Å². The SMILES string of the molecule is Cc1ccc(-c2csc(N3CCN(C(=O)CC45CC6CC(CC(C6)C4)C5)CC3)n2)cc1. The predicted octanol–water partition coefficient (Wildman–Crippen LogP) is 5.37. The lowest BCUT2D eigenvalue weighted by Crippen LogP contribution is -2.52. The molecule has 0 spiro atoms. The summed E-state index contributed by atoms with van der Waals surface area (Å²) < 4.78 is 0. The Morgan fingerprint density at radius 3 is 2.23 bits per heavy atom. The molecule has 1 saturated heterocycles. The first-order valence-corrected chi connectivity index (χ1v) is 13.0. The molecule has 4 nitrogen and oxygen atoms in total. The number of anilines is 1. The van der Waals surface area contributed by atoms with Crippen LogP contribution in [-0.4, -0.2) is 42.0 Å². The number of aryl methyl sites for hydroxylation is 1. The van der Waals surface area contributed by atoms with E-state index in [0.717, 1.165) is 61.2 Å². The first kappa shape index (κ1) is 19.8. The highest BCUT2D eigenvalue weighted by Crippen LogP contribution is 2.61. The third kappa shape index (κ3) is 3.79. The number of hydrogen-bond donors (Lipinski definition) is 0. The van der Waals surface area contributed by atoms with Crippen molar-refractivity contribution in [2.24, 2.45) is 23.2 Å². The monoisotopic (exact) mass is 435 g/mol. The van der Waals surface area contributed by atoms with Gasteiger partial charge in [-0.25, -0.2) is 4.98 Å². The molecule has 5 heteroatoms. The summed E-state index contributed by atoms with van der Waals surface area (Å²) in [6, 6.07) is 8.58. The molecule has 164 valence electrons. The van der Waals surface area contributed by atoms with Crippen molar-refractivity contribution in [1.29, 1.82) is 0 Å². The number of piperazine rings is 1. The van der Waals surface area contributed by atoms with Crippen LogP contribution in [0.5, 0.6) is 0 Å². The van der Waals surface area contributed by atoms with Crippen LogP contribution in [0.1, 0.15) is 50.5 Å². The third-order valence-corrected chi connectivity index (χ3v) is 9.33. The van der Waals surface area contributed by atoms with E-state index >= 15 is 0 Å². The van der Waals surface area contributed by atoms with Gasteiger partial charge in [-0.05, 0) is 68.6 Å². The average molecular weight is 436 g/mol. The molecule has 1 aromatic heterocycles. The molecule has 4 bridgehead atoms. The Morgan fingerprint density at radius 2 is 1.61 bits per heavy atom. The molecule has 4 saturated carbocycles. The first-order valence-electron chi connectivity index (χ1n) is 12.1. The summed E-state index contributed by atoms with van der Waals surface area (Å²) >= 11 is 1.72. The number of amides is 1. The van der Waals surface area contributed by atoms with Crippen molar-refractivity contribution in [3.05, 3.63) is 35.2 Å². The number of carbonyl (C=O) groups excluding carboxylic acids is 1. The highest BCUT2D eigenvalue weighted by atomic mass is 32.1. The summed E-state index contributed by atoms with van der Waals surface area (Å²) in [4.78, 5) is 22.6. The second kappa shape index (κ2) is 7.61. The van der Waals surface area contributed by atoms with E-state index in [1.54, 1.807) is 11.3 Å². The number of nitrogens with zero attached hydrogens (tertiary/aromatic N) is 3. The second-order valence-corrected chi connectivity index (χ2v) is 11.7. The van der Waals surface area contributed by atoms with Crippen LogP contribution in [0.25, 0.3) is 11.3 Å². The number of carbonyl (C=O) groups is 1. The van der Waals surface area contributed by atoms with Crippen molar-refractivity contribution in [2.45, 2.75) is 51.9 Å². The maximum atomic E-state index is 13.2. The molecular formula is C26H33N3OS. The first-order chi connectivity index (χ1) is 15.1. The van der Waals surface area contributed by atoms with Gasteiger partial charge in [0.25, 0.3) is 0 Å². The van der Waals surface area contributed by atoms with Crippen LogP contribution >= 0.6 is 11.3 Å². The topological polar surface area (TPSA) is 36.4 Å². The summed E-state index contributed by atoms with van der Waals surface area (Å²) in [7, 11) is 0. The lowest BCUT2D eigenvalue weighted by atomic mass is 9.49. The number of rotatable bonds is 4. The number of thiazole rings is 1. The zero-order valence-corrected chi connectivity index (χ0v) is 19.4. The second-order valence-electron chi connectivity index (χ2n) is 10.8. The van der Waals surface area contributed by atoms with E-state index in [9.17, 15) is 4.79 Å². The molecule has 0 atom stereocenters. The van der Waals surface area contributed by atoms with Crippen LogP contribution < -0.4 is 4.90 Å². The molecule has 0 unspecified atom stereocenters. The van der Waals surface area contributed by atoms with Gasteiger partial charge >= 0.3 is 0 Å². The van der Waals surface area contributed by atoms with Crippen LogP contribution in [0, 0.1) is 30.1 Å². The maximum Gasteiger partial charge on any atom is 0.223 e. The summed E-state index contributed by atoms with van der Waals surface area (Å²) in [5.41, 5.74) is 3.85. The van der Waals surface area contributed by atoms with E-state index in [1.165, 1.54) is 49.7 Å². The van der Waals surface area contributed by atoms with Crippen molar-refractivity contribution in [2.75, 3.05) is 31.1 Å². The third-order valence-electron chi connectivity index (χ3n) is 8.43. The Kier molecular flexibility index (Phi) is 4.86. The lowest BCUT2D eigenvalue weighted by Gasteiger charge is -2.57. The minimum absolute atomic E-state index is 0.348. The van der Waals surface area contributed by atoms with Crippen molar-refractivity contribution in [3.63, 3.8) is 0 Å². The summed E-state index contributed by atoms with van der Waals surface area (Å²) in [5.74, 6) is 3.18. The number of aromatic nitrogens is 1. The largest absolute Gasteiger partial charge is 0.345 e. The van der Waals surface area contributed by atoms with Gasteiger partial charge in [-0.15, -0.1) is 11.3 Å². The summed E-state index contributed by atoms with van der Waals surface area (Å²) in [6.45, 7) is 5.58. The molecule has 2 heterocycles. The van der Waals surface area contributed by atoms with Crippen LogP contribution in [-0.2, 0) is 4.79 Å². The standard InChI is InChI=1S/C26H33N3OS/c1-18-2-4-22(5-3-18)23-17-31-25(27-23)29-8-6-28(7-9-29)24(30)16-26-13-19-10-20(14-26)12-21(11-19)15-26/h2-5,17,19-21H,6-16H2,1H3. The number of benzene rings is 1. The van der Waals surface area contributed by atoms with Gasteiger partial charge in [0.05, 0.1) is 5.69 Å². The fourth-order valence-electron chi connectivity index (χ4n) is 7.35. The van der Waals surface area contributed by atoms with Crippen LogP contribution in [0.4, 0.5) is 5.13 Å². The molecule has 1 amide bonds. The zero-order chi connectivity index (χ0) is 21.0. The van der Waals surface area contributed by atoms with Crippen molar-refractivity contribution < 1.29 is 4.79 Å². The molecule has 0 radical (unpaired) electrons. The van der Waals surface area contributed by atoms with E-state index < -0.39 is 0 Å². The molecule has 5 fully saturated rings. The van der Waals surface area contributed by atoms with Crippen molar-refractivity contribution in [3.8, 4) is 11.3 Å². The van der Waals surface area contributed by atoms with Gasteiger partial charge in [-0.1, -0.05) is 29.8 Å². The Bertz CT molecular complexity index is 922. The molecule has 31 heavy (non-hydrogen) atoms. The van der Waals surface area contributed by atoms with Gasteiger partial charge in [0.1, 0.15) is 0 Å². The smallest absolute Gasteiger partial charge is 0.223 e. The van der Waals surface area contributed by atoms with E-state index in [-0.39, 0.29) is 0 Å². The van der Waals surface area contributed by atoms with Gasteiger partial charge in [0, 0.05) is 43.5 Å². The Balaban J connectivity index is 1.06. The quantitative estimate of drug-likeness (QED) is 0.647. The van der Waals surface area contributed by atoms with Gasteiger partial charge in [-0.3, -0.25) is 4.79 Å². The highest BCUT2D eigenvalue weighted by molar-refractivity contribution is 7.14. The Labute approximate surface area is 189 Å².